The van der Waals surface area contributed by atoms with Crippen LogP contribution in [0.3, 0.4) is 0 Å². The molecule has 0 aromatic carbocycles. The van der Waals surface area contributed by atoms with Crippen LogP contribution < -0.4 is 5.73 Å². The van der Waals surface area contributed by atoms with E-state index in [-0.39, 0.29) is 0 Å². The van der Waals surface area contributed by atoms with Crippen molar-refractivity contribution < 1.29 is 0 Å². The fraction of sp³-hybridized carbons (Fsp3) is 0.125. The predicted molar refractivity (Wildman–Crippen MR) is 54.0 cm³/mol. The molecule has 0 spiro atoms. The van der Waals surface area contributed by atoms with Crippen LogP contribution in [0, 0.1) is 0 Å². The first kappa shape index (κ1) is 8.52. The summed E-state index contributed by atoms with van der Waals surface area (Å²) in [4.78, 5) is 2.98. The maximum atomic E-state index is 5.51. The number of rotatable bonds is 2. The van der Waals surface area contributed by atoms with Gasteiger partial charge in [-0.1, -0.05) is 0 Å². The van der Waals surface area contributed by atoms with Gasteiger partial charge >= 0.3 is 0 Å². The summed E-state index contributed by atoms with van der Waals surface area (Å²) in [5.41, 5.74) is 8.36. The summed E-state index contributed by atoms with van der Waals surface area (Å²) in [7, 11) is 0. The van der Waals surface area contributed by atoms with Crippen molar-refractivity contribution in [1.29, 1.82) is 0 Å². The van der Waals surface area contributed by atoms with Crippen molar-refractivity contribution in [2.45, 2.75) is 6.54 Å². The maximum absolute atomic E-state index is 5.51. The van der Waals surface area contributed by atoms with Crippen LogP contribution in [0.15, 0.2) is 22.9 Å². The lowest BCUT2D eigenvalue weighted by molar-refractivity contribution is 0.945. The molecule has 4 N–H and O–H groups in total. The third kappa shape index (κ3) is 1.40. The van der Waals surface area contributed by atoms with E-state index in [1.807, 2.05) is 18.5 Å². The molecular weight excluding hydrogens is 232 g/mol. The second-order valence-corrected chi connectivity index (χ2v) is 3.46. The number of halogens is 1. The molecule has 0 bridgehead atoms. The summed E-state index contributed by atoms with van der Waals surface area (Å²) in [6.07, 6.45) is 3.75. The molecule has 0 fully saturated rings. The Morgan fingerprint density at radius 2 is 2.38 bits per heavy atom. The number of aromatic amines is 2. The fourth-order valence-electron chi connectivity index (χ4n) is 1.16. The van der Waals surface area contributed by atoms with Gasteiger partial charge in [-0.15, -0.1) is 0 Å². The Balaban J connectivity index is 2.48. The van der Waals surface area contributed by atoms with Crippen LogP contribution >= 0.6 is 15.9 Å². The Kier molecular flexibility index (Phi) is 2.20. The minimum absolute atomic E-state index is 0.456. The standard InChI is InChI=1S/C8H9BrN4/c9-7-6(3-10)12-13-8(7)5-1-2-11-4-5/h1-2,4,11H,3,10H2,(H,12,13). The van der Waals surface area contributed by atoms with Gasteiger partial charge in [-0.25, -0.2) is 0 Å². The molecule has 68 valence electrons. The van der Waals surface area contributed by atoms with E-state index in [0.717, 1.165) is 21.4 Å². The van der Waals surface area contributed by atoms with Gasteiger partial charge in [0, 0.05) is 24.5 Å². The van der Waals surface area contributed by atoms with Crippen LogP contribution in [0.5, 0.6) is 0 Å². The van der Waals surface area contributed by atoms with Crippen LogP contribution in [0.2, 0.25) is 0 Å². The van der Waals surface area contributed by atoms with E-state index in [2.05, 4.69) is 31.1 Å². The van der Waals surface area contributed by atoms with Crippen molar-refractivity contribution in [1.82, 2.24) is 15.2 Å². The first-order valence-electron chi connectivity index (χ1n) is 3.89. The van der Waals surface area contributed by atoms with Gasteiger partial charge in [-0.3, -0.25) is 5.10 Å². The third-order valence-electron chi connectivity index (χ3n) is 1.85. The van der Waals surface area contributed by atoms with Gasteiger partial charge in [-0.05, 0) is 22.0 Å². The van der Waals surface area contributed by atoms with Gasteiger partial charge < -0.3 is 10.7 Å². The van der Waals surface area contributed by atoms with Crippen molar-refractivity contribution in [3.8, 4) is 11.3 Å². The van der Waals surface area contributed by atoms with Gasteiger partial charge in [-0.2, -0.15) is 5.10 Å². The molecule has 0 amide bonds. The van der Waals surface area contributed by atoms with E-state index in [1.165, 1.54) is 0 Å². The highest BCUT2D eigenvalue weighted by Crippen LogP contribution is 2.27. The molecule has 0 aliphatic rings. The van der Waals surface area contributed by atoms with Crippen LogP contribution in [0.1, 0.15) is 5.69 Å². The molecule has 0 saturated heterocycles. The highest BCUT2D eigenvalue weighted by Gasteiger charge is 2.10. The largest absolute Gasteiger partial charge is 0.367 e. The average Bonchev–Trinajstić information content (AvgIpc) is 2.72. The zero-order valence-electron chi connectivity index (χ0n) is 6.84. The van der Waals surface area contributed by atoms with Gasteiger partial charge in [0.15, 0.2) is 0 Å². The smallest absolute Gasteiger partial charge is 0.108 e. The van der Waals surface area contributed by atoms with E-state index in [1.54, 1.807) is 0 Å². The molecule has 2 aromatic heterocycles. The van der Waals surface area contributed by atoms with E-state index < -0.39 is 0 Å². The van der Waals surface area contributed by atoms with Crippen molar-refractivity contribution >= 4 is 15.9 Å². The molecule has 0 aliphatic carbocycles. The highest BCUT2D eigenvalue weighted by molar-refractivity contribution is 9.10. The fourth-order valence-corrected chi connectivity index (χ4v) is 1.73. The SMILES string of the molecule is NCc1[nH]nc(-c2cc[nH]c2)c1Br. The molecule has 2 heterocycles. The second kappa shape index (κ2) is 3.35. The van der Waals surface area contributed by atoms with Gasteiger partial charge in [0.25, 0.3) is 0 Å². The van der Waals surface area contributed by atoms with Crippen LogP contribution in [0.4, 0.5) is 0 Å². The van der Waals surface area contributed by atoms with Crippen molar-refractivity contribution in [2.75, 3.05) is 0 Å². The molecule has 0 saturated carbocycles. The summed E-state index contributed by atoms with van der Waals surface area (Å²) in [5.74, 6) is 0. The van der Waals surface area contributed by atoms with E-state index >= 15 is 0 Å². The molecule has 0 atom stereocenters. The normalized spacial score (nSPS) is 10.6. The van der Waals surface area contributed by atoms with Gasteiger partial charge in [0.05, 0.1) is 10.2 Å². The Morgan fingerprint density at radius 1 is 1.54 bits per heavy atom. The molecule has 0 aliphatic heterocycles. The molecule has 2 rings (SSSR count). The summed E-state index contributed by atoms with van der Waals surface area (Å²) in [6.45, 7) is 0.456. The number of hydrogen-bond acceptors (Lipinski definition) is 2. The molecule has 5 heteroatoms. The minimum atomic E-state index is 0.456. The summed E-state index contributed by atoms with van der Waals surface area (Å²) < 4.78 is 0.939. The number of nitrogens with one attached hydrogen (secondary N) is 2. The van der Waals surface area contributed by atoms with E-state index in [9.17, 15) is 0 Å². The molecular formula is C8H9BrN4. The van der Waals surface area contributed by atoms with E-state index in [0.29, 0.717) is 6.54 Å². The summed E-state index contributed by atoms with van der Waals surface area (Å²) >= 11 is 3.45. The van der Waals surface area contributed by atoms with Crippen molar-refractivity contribution in [3.63, 3.8) is 0 Å². The second-order valence-electron chi connectivity index (χ2n) is 2.67. The number of H-pyrrole nitrogens is 2. The summed E-state index contributed by atoms with van der Waals surface area (Å²) in [5, 5.41) is 7.03. The predicted octanol–water partition coefficient (Wildman–Crippen LogP) is 1.63. The number of aromatic nitrogens is 3. The van der Waals surface area contributed by atoms with Crippen LogP contribution in [-0.2, 0) is 6.54 Å². The zero-order chi connectivity index (χ0) is 9.26. The number of nitrogens with two attached hydrogens (primary N) is 1. The van der Waals surface area contributed by atoms with Gasteiger partial charge in [0.2, 0.25) is 0 Å². The monoisotopic (exact) mass is 240 g/mol. The molecule has 0 unspecified atom stereocenters. The lowest BCUT2D eigenvalue weighted by Gasteiger charge is -1.92. The molecule has 4 nitrogen and oxygen atoms in total. The molecule has 13 heavy (non-hydrogen) atoms. The van der Waals surface area contributed by atoms with Crippen molar-refractivity contribution in [2.24, 2.45) is 5.73 Å². The Labute approximate surface area is 83.7 Å². The average molecular weight is 241 g/mol. The first-order valence-corrected chi connectivity index (χ1v) is 4.68. The Bertz CT molecular complexity index is 390. The Hall–Kier alpha value is -1.07. The molecule has 2 aromatic rings. The topological polar surface area (TPSA) is 70.5 Å². The van der Waals surface area contributed by atoms with Crippen molar-refractivity contribution in [3.05, 3.63) is 28.6 Å². The quantitative estimate of drug-likeness (QED) is 0.747. The number of nitrogens with zero attached hydrogens (tertiary/aromatic N) is 1. The highest BCUT2D eigenvalue weighted by atomic mass is 79.9. The molecule has 0 radical (unpaired) electrons. The van der Waals surface area contributed by atoms with Crippen LogP contribution in [-0.4, -0.2) is 15.2 Å². The Morgan fingerprint density at radius 3 is 2.92 bits per heavy atom. The first-order chi connectivity index (χ1) is 6.33. The zero-order valence-corrected chi connectivity index (χ0v) is 8.43. The summed E-state index contributed by atoms with van der Waals surface area (Å²) in [6, 6.07) is 1.96. The van der Waals surface area contributed by atoms with Gasteiger partial charge in [0.1, 0.15) is 5.69 Å². The minimum Gasteiger partial charge on any atom is -0.367 e. The van der Waals surface area contributed by atoms with Crippen LogP contribution in [0.25, 0.3) is 11.3 Å². The maximum Gasteiger partial charge on any atom is 0.108 e. The third-order valence-corrected chi connectivity index (χ3v) is 2.71. The lowest BCUT2D eigenvalue weighted by Crippen LogP contribution is -1.96. The van der Waals surface area contributed by atoms with E-state index in [4.69, 9.17) is 5.73 Å². The lowest BCUT2D eigenvalue weighted by atomic mass is 10.2. The number of hydrogen-bond donors (Lipinski definition) is 3.